The summed E-state index contributed by atoms with van der Waals surface area (Å²) in [5.41, 5.74) is -0.264. The third-order valence-electron chi connectivity index (χ3n) is 6.16. The lowest BCUT2D eigenvalue weighted by Gasteiger charge is -2.18. The number of hydrogen-bond acceptors (Lipinski definition) is 6. The number of methoxy groups -OCH3 is 1. The first-order valence-electron chi connectivity index (χ1n) is 11.4. The van der Waals surface area contributed by atoms with Gasteiger partial charge < -0.3 is 15.4 Å². The Morgan fingerprint density at radius 3 is 2.21 bits per heavy atom. The number of nitrogens with zero attached hydrogens (tertiary/aromatic N) is 2. The molecule has 1 aliphatic rings. The van der Waals surface area contributed by atoms with Crippen molar-refractivity contribution < 1.29 is 31.5 Å². The van der Waals surface area contributed by atoms with Crippen molar-refractivity contribution in [1.29, 1.82) is 0 Å². The molecular weight excluding hydrogens is 522 g/mol. The molecule has 2 heterocycles. The van der Waals surface area contributed by atoms with Crippen molar-refractivity contribution in [2.75, 3.05) is 37.1 Å². The van der Waals surface area contributed by atoms with Gasteiger partial charge in [-0.25, -0.2) is 21.5 Å². The van der Waals surface area contributed by atoms with Gasteiger partial charge in [0.2, 0.25) is 21.8 Å². The summed E-state index contributed by atoms with van der Waals surface area (Å²) in [6, 6.07) is 12.0. The van der Waals surface area contributed by atoms with Gasteiger partial charge in [-0.1, -0.05) is 6.07 Å². The normalized spacial score (nSPS) is 17.7. The van der Waals surface area contributed by atoms with E-state index < -0.39 is 45.3 Å². The zero-order valence-corrected chi connectivity index (χ0v) is 21.2. The number of nitrogens with one attached hydrogen (secondary N) is 2. The van der Waals surface area contributed by atoms with Gasteiger partial charge in [0.25, 0.3) is 5.56 Å². The van der Waals surface area contributed by atoms with E-state index in [1.807, 2.05) is 0 Å². The van der Waals surface area contributed by atoms with Gasteiger partial charge in [-0.15, -0.1) is 0 Å². The van der Waals surface area contributed by atoms with E-state index in [0.29, 0.717) is 0 Å². The number of sulfonamides is 1. The molecular formula is C25H24F2N4O6S. The third-order valence-corrected chi connectivity index (χ3v) is 7.40. The molecule has 2 amide bonds. The molecule has 0 bridgehead atoms. The maximum absolute atomic E-state index is 14.9. The SMILES string of the molecule is COc1ccc(NC(=O)[C@H]2CN(S(C)(=O)=O)C[C@@H]2C(=O)Nc2ccc(-n3ccccc3=O)cc2F)cc1F. The number of halogens is 2. The molecule has 2 aromatic carbocycles. The molecule has 2 atom stereocenters. The fourth-order valence-corrected chi connectivity index (χ4v) is 5.03. The van der Waals surface area contributed by atoms with Crippen molar-refractivity contribution in [1.82, 2.24) is 8.87 Å². The van der Waals surface area contributed by atoms with Gasteiger partial charge in [-0.2, -0.15) is 0 Å². The van der Waals surface area contributed by atoms with Gasteiger partial charge in [0.15, 0.2) is 11.6 Å². The fourth-order valence-electron chi connectivity index (χ4n) is 4.17. The molecule has 0 aliphatic carbocycles. The number of rotatable bonds is 7. The van der Waals surface area contributed by atoms with E-state index in [1.165, 1.54) is 48.2 Å². The average molecular weight is 547 g/mol. The number of pyridine rings is 1. The molecule has 0 saturated carbocycles. The molecule has 0 radical (unpaired) electrons. The molecule has 2 N–H and O–H groups in total. The fraction of sp³-hybridized carbons (Fsp3) is 0.240. The zero-order chi connectivity index (χ0) is 27.6. The van der Waals surface area contributed by atoms with Crippen molar-refractivity contribution in [2.24, 2.45) is 11.8 Å². The number of anilines is 2. The molecule has 200 valence electrons. The third kappa shape index (κ3) is 5.73. The van der Waals surface area contributed by atoms with Gasteiger partial charge in [0.05, 0.1) is 36.6 Å². The number of hydrogen-bond donors (Lipinski definition) is 2. The van der Waals surface area contributed by atoms with Gasteiger partial charge in [0, 0.05) is 43.2 Å². The topological polar surface area (TPSA) is 127 Å². The van der Waals surface area contributed by atoms with Crippen LogP contribution in [0.2, 0.25) is 0 Å². The standard InChI is InChI=1S/C25H24F2N4O6S/c1-37-22-9-6-15(11-20(22)27)28-24(33)17-13-30(38(2,35)36)14-18(17)25(34)29-21-8-7-16(12-19(21)26)31-10-4-3-5-23(31)32/h3-12,17-18H,13-14H2,1-2H3,(H,28,33)(H,29,34)/t17-,18-/m0/s1. The minimum absolute atomic E-state index is 0.0328. The van der Waals surface area contributed by atoms with E-state index in [2.05, 4.69) is 10.6 Å². The lowest BCUT2D eigenvalue weighted by Crippen LogP contribution is -2.36. The van der Waals surface area contributed by atoms with Gasteiger partial charge >= 0.3 is 0 Å². The molecule has 0 spiro atoms. The Hall–Kier alpha value is -4.10. The number of carbonyl (C=O) groups excluding carboxylic acids is 2. The van der Waals surface area contributed by atoms with Crippen LogP contribution in [0.5, 0.6) is 5.75 Å². The summed E-state index contributed by atoms with van der Waals surface area (Å²) in [7, 11) is -2.47. The number of aromatic nitrogens is 1. The van der Waals surface area contributed by atoms with Crippen LogP contribution >= 0.6 is 0 Å². The van der Waals surface area contributed by atoms with Crippen LogP contribution in [0.1, 0.15) is 0 Å². The smallest absolute Gasteiger partial charge is 0.255 e. The van der Waals surface area contributed by atoms with E-state index in [9.17, 15) is 31.6 Å². The monoisotopic (exact) mass is 546 g/mol. The molecule has 1 aromatic heterocycles. The average Bonchev–Trinajstić information content (AvgIpc) is 3.32. The van der Waals surface area contributed by atoms with E-state index in [4.69, 9.17) is 4.74 Å². The van der Waals surface area contributed by atoms with Crippen molar-refractivity contribution in [2.45, 2.75) is 0 Å². The highest BCUT2D eigenvalue weighted by Crippen LogP contribution is 2.30. The van der Waals surface area contributed by atoms with Gasteiger partial charge in [0.1, 0.15) is 5.82 Å². The van der Waals surface area contributed by atoms with Crippen LogP contribution in [-0.2, 0) is 19.6 Å². The Morgan fingerprint density at radius 1 is 0.947 bits per heavy atom. The molecule has 3 aromatic rings. The number of amides is 2. The first-order chi connectivity index (χ1) is 18.0. The van der Waals surface area contributed by atoms with Crippen LogP contribution < -0.4 is 20.9 Å². The maximum Gasteiger partial charge on any atom is 0.255 e. The lowest BCUT2D eigenvalue weighted by atomic mass is 9.94. The minimum Gasteiger partial charge on any atom is -0.494 e. The molecule has 1 fully saturated rings. The van der Waals surface area contributed by atoms with Crippen molar-refractivity contribution in [3.8, 4) is 11.4 Å². The second-order valence-electron chi connectivity index (χ2n) is 8.69. The highest BCUT2D eigenvalue weighted by atomic mass is 32.2. The summed E-state index contributed by atoms with van der Waals surface area (Å²) >= 11 is 0. The maximum atomic E-state index is 14.9. The molecule has 4 rings (SSSR count). The second-order valence-corrected chi connectivity index (χ2v) is 10.7. The Balaban J connectivity index is 1.55. The lowest BCUT2D eigenvalue weighted by molar-refractivity contribution is -0.127. The molecule has 10 nitrogen and oxygen atoms in total. The summed E-state index contributed by atoms with van der Waals surface area (Å²) in [4.78, 5) is 38.2. The Labute approximate surface area is 216 Å². The highest BCUT2D eigenvalue weighted by Gasteiger charge is 2.45. The van der Waals surface area contributed by atoms with Crippen molar-refractivity contribution in [3.63, 3.8) is 0 Å². The summed E-state index contributed by atoms with van der Waals surface area (Å²) in [5.74, 6) is -5.38. The van der Waals surface area contributed by atoms with Gasteiger partial charge in [-0.05, 0) is 30.3 Å². The van der Waals surface area contributed by atoms with Crippen LogP contribution in [0.3, 0.4) is 0 Å². The number of benzene rings is 2. The highest BCUT2D eigenvalue weighted by molar-refractivity contribution is 7.88. The summed E-state index contributed by atoms with van der Waals surface area (Å²) in [6.45, 7) is -0.599. The van der Waals surface area contributed by atoms with Crippen molar-refractivity contribution in [3.05, 3.63) is 82.8 Å². The summed E-state index contributed by atoms with van der Waals surface area (Å²) in [6.07, 6.45) is 2.41. The molecule has 0 unspecified atom stereocenters. The predicted molar refractivity (Wildman–Crippen MR) is 136 cm³/mol. The number of carbonyl (C=O) groups is 2. The largest absolute Gasteiger partial charge is 0.494 e. The van der Waals surface area contributed by atoms with Crippen LogP contribution in [0.15, 0.2) is 65.6 Å². The zero-order valence-electron chi connectivity index (χ0n) is 20.4. The Morgan fingerprint density at radius 2 is 1.63 bits per heavy atom. The summed E-state index contributed by atoms with van der Waals surface area (Å²) < 4.78 is 60.3. The van der Waals surface area contributed by atoms with Gasteiger partial charge in [-0.3, -0.25) is 19.0 Å². The Kier molecular flexibility index (Phi) is 7.60. The second kappa shape index (κ2) is 10.7. The minimum atomic E-state index is -3.75. The van der Waals surface area contributed by atoms with E-state index in [1.54, 1.807) is 12.1 Å². The molecule has 38 heavy (non-hydrogen) atoms. The molecule has 13 heteroatoms. The van der Waals surface area contributed by atoms with Crippen LogP contribution in [0, 0.1) is 23.5 Å². The van der Waals surface area contributed by atoms with Crippen LogP contribution in [0.4, 0.5) is 20.2 Å². The molecule has 1 aliphatic heterocycles. The first kappa shape index (κ1) is 26.9. The quantitative estimate of drug-likeness (QED) is 0.468. The van der Waals surface area contributed by atoms with Crippen LogP contribution in [0.25, 0.3) is 5.69 Å². The van der Waals surface area contributed by atoms with E-state index in [0.717, 1.165) is 22.7 Å². The van der Waals surface area contributed by atoms with Crippen molar-refractivity contribution >= 4 is 33.2 Å². The van der Waals surface area contributed by atoms with E-state index >= 15 is 0 Å². The molecule has 1 saturated heterocycles. The Bertz CT molecular complexity index is 1560. The predicted octanol–water partition coefficient (Wildman–Crippen LogP) is 2.21. The summed E-state index contributed by atoms with van der Waals surface area (Å²) in [5, 5.41) is 4.91. The van der Waals surface area contributed by atoms with Crippen LogP contribution in [-0.4, -0.2) is 55.6 Å². The first-order valence-corrected chi connectivity index (χ1v) is 13.2. The number of ether oxygens (including phenoxy) is 1. The van der Waals surface area contributed by atoms with E-state index in [-0.39, 0.29) is 41.5 Å².